The van der Waals surface area contributed by atoms with Crippen molar-refractivity contribution in [2.45, 2.75) is 195 Å². The molecule has 0 heteroatoms. The van der Waals surface area contributed by atoms with Gasteiger partial charge in [0.2, 0.25) is 0 Å². The summed E-state index contributed by atoms with van der Waals surface area (Å²) in [7, 11) is 0. The number of allylic oxidation sites excluding steroid dienone is 4. The van der Waals surface area contributed by atoms with Crippen LogP contribution in [-0.4, -0.2) is 0 Å². The summed E-state index contributed by atoms with van der Waals surface area (Å²) in [5, 5.41) is 0. The third kappa shape index (κ3) is 13.7. The fraction of sp³-hybridized carbons (Fsp3) is 0.875. The molecule has 0 amide bonds. The van der Waals surface area contributed by atoms with E-state index in [0.29, 0.717) is 0 Å². The lowest BCUT2D eigenvalue weighted by molar-refractivity contribution is 0.148. The molecule has 0 nitrogen and oxygen atoms in total. The van der Waals surface area contributed by atoms with Crippen LogP contribution >= 0.6 is 0 Å². The Kier molecular flexibility index (Phi) is 18.5. The van der Waals surface area contributed by atoms with E-state index in [0.717, 1.165) is 71.0 Å². The molecule has 6 saturated carbocycles. The van der Waals surface area contributed by atoms with Gasteiger partial charge in [0.25, 0.3) is 0 Å². The average molecular weight is 673 g/mol. The maximum Gasteiger partial charge on any atom is 0 e. The summed E-state index contributed by atoms with van der Waals surface area (Å²) < 4.78 is 0. The quantitative estimate of drug-likeness (QED) is 0.225. The monoisotopic (exact) mass is 673 g/mol. The Hall–Kier alpha value is -0.780. The van der Waals surface area contributed by atoms with E-state index in [1.54, 1.807) is 0 Å². The summed E-state index contributed by atoms with van der Waals surface area (Å²) in [5.41, 5.74) is 0. The molecular weight excluding hydrogens is 577 g/mol. The molecule has 0 atom stereocenters. The Morgan fingerprint density at radius 3 is 1.06 bits per heavy atom. The average Bonchev–Trinajstić information content (AvgIpc) is 3.13. The first-order valence-corrected chi connectivity index (χ1v) is 22.2. The van der Waals surface area contributed by atoms with Crippen LogP contribution in [0.1, 0.15) is 203 Å². The summed E-state index contributed by atoms with van der Waals surface area (Å²) in [6.45, 7) is 17.2. The van der Waals surface area contributed by atoms with E-state index >= 15 is 0 Å². The highest BCUT2D eigenvalue weighted by Crippen LogP contribution is 2.44. The van der Waals surface area contributed by atoms with E-state index in [-0.39, 0.29) is 8.56 Å². The van der Waals surface area contributed by atoms with Gasteiger partial charge < -0.3 is 0 Å². The minimum absolute atomic E-state index is 0. The van der Waals surface area contributed by atoms with Gasteiger partial charge in [0.15, 0.2) is 0 Å². The Bertz CT molecular complexity index is 875. The van der Waals surface area contributed by atoms with Crippen molar-refractivity contribution in [1.29, 1.82) is 0 Å². The van der Waals surface area contributed by atoms with Crippen LogP contribution in [0, 0.1) is 71.0 Å². The lowest BCUT2D eigenvalue weighted by Crippen LogP contribution is -2.25. The maximum atomic E-state index is 3.93. The summed E-state index contributed by atoms with van der Waals surface area (Å²) >= 11 is 0. The van der Waals surface area contributed by atoms with E-state index in [1.807, 2.05) is 0 Å². The predicted octanol–water partition coefficient (Wildman–Crippen LogP) is 17.1. The van der Waals surface area contributed by atoms with Gasteiger partial charge in [-0.25, -0.2) is 0 Å². The van der Waals surface area contributed by atoms with Crippen LogP contribution in [0.15, 0.2) is 37.5 Å². The lowest BCUT2D eigenvalue weighted by Gasteiger charge is -2.37. The Morgan fingerprint density at radius 1 is 0.438 bits per heavy atom. The fourth-order valence-electron chi connectivity index (χ4n) is 11.5. The van der Waals surface area contributed by atoms with Crippen LogP contribution in [0.25, 0.3) is 0 Å². The molecule has 0 aromatic rings. The zero-order valence-corrected chi connectivity index (χ0v) is 33.0. The van der Waals surface area contributed by atoms with Crippen LogP contribution in [0.3, 0.4) is 0 Å². The molecule has 0 aromatic heterocycles. The molecule has 6 fully saturated rings. The zero-order valence-electron chi connectivity index (χ0n) is 33.0. The van der Waals surface area contributed by atoms with Gasteiger partial charge in [0.05, 0.1) is 0 Å². The summed E-state index contributed by atoms with van der Waals surface area (Å²) in [6.07, 6.45) is 47.5. The molecule has 0 bridgehead atoms. The van der Waals surface area contributed by atoms with Gasteiger partial charge in [-0.05, 0) is 194 Å². The standard InChI is InChI=1S/C17H30.C16H28.C15H26.6H2/c1-3-4-5-15-8-12-17(13-9-15)16-10-6-14(2)7-11-16;1-3-4-14-7-11-16(12-8-14)15-9-5-13(2)6-10-15;1-3-13-6-10-15(11-7-13)14-8-4-12(2)5-9-14;;;;;;/h3,14-17H,1,4-13H2,2H3;3-4,13-16H,5-12H2,1-2H3;3,12-15H,1,4-11H2,2H3;6*1H/b;4-3+;;;;;;;. The summed E-state index contributed by atoms with van der Waals surface area (Å²) in [6, 6.07) is 0. The van der Waals surface area contributed by atoms with Crippen molar-refractivity contribution in [3.8, 4) is 0 Å². The van der Waals surface area contributed by atoms with Crippen molar-refractivity contribution in [2.75, 3.05) is 0 Å². The van der Waals surface area contributed by atoms with Gasteiger partial charge in [-0.2, -0.15) is 0 Å². The van der Waals surface area contributed by atoms with Gasteiger partial charge in [-0.15, -0.1) is 13.2 Å². The van der Waals surface area contributed by atoms with E-state index < -0.39 is 0 Å². The fourth-order valence-corrected chi connectivity index (χ4v) is 11.5. The highest BCUT2D eigenvalue weighted by Gasteiger charge is 2.31. The van der Waals surface area contributed by atoms with Gasteiger partial charge in [-0.3, -0.25) is 0 Å². The van der Waals surface area contributed by atoms with Gasteiger partial charge in [-0.1, -0.05) is 96.4 Å². The van der Waals surface area contributed by atoms with E-state index in [4.69, 9.17) is 0 Å². The third-order valence-electron chi connectivity index (χ3n) is 15.3. The van der Waals surface area contributed by atoms with Crippen LogP contribution < -0.4 is 0 Å². The molecule has 0 spiro atoms. The second kappa shape index (κ2) is 22.2. The maximum absolute atomic E-state index is 3.93. The van der Waals surface area contributed by atoms with Crippen LogP contribution in [0.5, 0.6) is 0 Å². The van der Waals surface area contributed by atoms with E-state index in [1.165, 1.54) is 167 Å². The molecule has 6 rings (SSSR count). The normalized spacial score (nSPS) is 40.8. The largest absolute Gasteiger partial charge is 0.103 e. The molecule has 0 aromatic carbocycles. The van der Waals surface area contributed by atoms with Crippen molar-refractivity contribution in [3.63, 3.8) is 0 Å². The minimum atomic E-state index is 0. The van der Waals surface area contributed by atoms with Crippen molar-refractivity contribution in [1.82, 2.24) is 0 Å². The molecular formula is C48H96. The molecule has 288 valence electrons. The Balaban J connectivity index is -0.000000685. The topological polar surface area (TPSA) is 0 Å². The first kappa shape index (κ1) is 40.0. The molecule has 0 radical (unpaired) electrons. The molecule has 48 heavy (non-hydrogen) atoms. The predicted molar refractivity (Wildman–Crippen MR) is 227 cm³/mol. The number of hydrogen-bond acceptors (Lipinski definition) is 0. The second-order valence-electron chi connectivity index (χ2n) is 18.8. The molecule has 0 saturated heterocycles. The van der Waals surface area contributed by atoms with Crippen molar-refractivity contribution in [3.05, 3.63) is 37.5 Å². The van der Waals surface area contributed by atoms with Gasteiger partial charge in [0.1, 0.15) is 0 Å². The summed E-state index contributed by atoms with van der Waals surface area (Å²) in [5.74, 6) is 12.3. The lowest BCUT2D eigenvalue weighted by atomic mass is 9.69. The van der Waals surface area contributed by atoms with E-state index in [2.05, 4.69) is 65.2 Å². The van der Waals surface area contributed by atoms with E-state index in [9.17, 15) is 0 Å². The molecule has 0 unspecified atom stereocenters. The van der Waals surface area contributed by atoms with Crippen LogP contribution in [-0.2, 0) is 0 Å². The van der Waals surface area contributed by atoms with Crippen LogP contribution in [0.2, 0.25) is 0 Å². The zero-order chi connectivity index (χ0) is 34.1. The first-order valence-electron chi connectivity index (χ1n) is 22.2. The van der Waals surface area contributed by atoms with Gasteiger partial charge >= 0.3 is 0 Å². The smallest absolute Gasteiger partial charge is 0 e. The minimum Gasteiger partial charge on any atom is -0.103 e. The SMILES string of the molecule is C/C=C/C1CCC(C2CCC(C)CC2)CC1.C=CC1CCC(C2CCC(C)CC2)CC1.C=CCCC1CCC(C2CCC(C)CC2)CC1.[HH].[HH].[HH].[HH].[HH].[HH]. The molecule has 0 N–H and O–H groups in total. The highest BCUT2D eigenvalue weighted by molar-refractivity contribution is 4.91. The van der Waals surface area contributed by atoms with Gasteiger partial charge in [0, 0.05) is 8.56 Å². The number of hydrogen-bond donors (Lipinski definition) is 0. The van der Waals surface area contributed by atoms with Crippen molar-refractivity contribution < 1.29 is 8.56 Å². The molecule has 0 aliphatic heterocycles. The van der Waals surface area contributed by atoms with Crippen molar-refractivity contribution >= 4 is 0 Å². The third-order valence-corrected chi connectivity index (χ3v) is 15.3. The summed E-state index contributed by atoms with van der Waals surface area (Å²) in [4.78, 5) is 0. The highest BCUT2D eigenvalue weighted by atomic mass is 14.4. The Labute approximate surface area is 311 Å². The molecule has 0 heterocycles. The Morgan fingerprint density at radius 2 is 0.750 bits per heavy atom. The first-order chi connectivity index (χ1) is 23.4. The molecule has 6 aliphatic carbocycles. The second-order valence-corrected chi connectivity index (χ2v) is 18.8. The van der Waals surface area contributed by atoms with Crippen LogP contribution in [0.4, 0.5) is 0 Å². The number of rotatable bonds is 8. The molecule has 6 aliphatic rings. The van der Waals surface area contributed by atoms with Crippen molar-refractivity contribution in [2.24, 2.45) is 71.0 Å².